The van der Waals surface area contributed by atoms with Crippen molar-refractivity contribution < 1.29 is 9.16 Å². The number of nitriles is 1. The van der Waals surface area contributed by atoms with Gasteiger partial charge in [0.25, 0.3) is 0 Å². The van der Waals surface area contributed by atoms with E-state index in [1.54, 1.807) is 6.20 Å². The molecule has 1 atom stereocenters. The maximum atomic E-state index is 10.0. The summed E-state index contributed by atoms with van der Waals surface area (Å²) >= 11 is 0. The second kappa shape index (κ2) is 11.2. The largest absolute Gasteiger partial charge is 0.416 e. The van der Waals surface area contributed by atoms with Crippen LogP contribution < -0.4 is 10.6 Å². The Hall–Kier alpha value is -3.26. The molecule has 0 saturated carbocycles. The fourth-order valence-electron chi connectivity index (χ4n) is 5.26. The molecule has 4 heterocycles. The number of benzene rings is 1. The van der Waals surface area contributed by atoms with Crippen LogP contribution in [0.4, 0.5) is 17.5 Å². The van der Waals surface area contributed by atoms with Crippen LogP contribution in [0.3, 0.4) is 0 Å². The standard InChI is InChI=1S/C31H43N7O2Si/c1-21-14-27(38(37-21)18-22-9-12-39-13-10-22)36-29-33-11-8-26(35-29)23-15-24(17-32)28-25(16-23)31(5,19-34-28)20-40-41(6,7)30(2,3)4/h8,11,14-16,22,34H,9-10,12-13,18-20H2,1-7H3,(H,33,35,36). The van der Waals surface area contributed by atoms with E-state index in [0.717, 1.165) is 73.2 Å². The Morgan fingerprint density at radius 3 is 2.71 bits per heavy atom. The third-order valence-electron chi connectivity index (χ3n) is 8.99. The minimum Gasteiger partial charge on any atom is -0.416 e. The van der Waals surface area contributed by atoms with Gasteiger partial charge in [-0.25, -0.2) is 14.6 Å². The van der Waals surface area contributed by atoms with Gasteiger partial charge in [-0.15, -0.1) is 0 Å². The van der Waals surface area contributed by atoms with Crippen LogP contribution in [-0.4, -0.2) is 54.4 Å². The zero-order valence-electron chi connectivity index (χ0n) is 25.5. The van der Waals surface area contributed by atoms with E-state index in [0.29, 0.717) is 24.0 Å². The zero-order chi connectivity index (χ0) is 29.4. The molecule has 5 rings (SSSR count). The number of nitrogens with zero attached hydrogens (tertiary/aromatic N) is 5. The lowest BCUT2D eigenvalue weighted by Gasteiger charge is -2.39. The van der Waals surface area contributed by atoms with E-state index in [1.165, 1.54) is 0 Å². The number of anilines is 3. The van der Waals surface area contributed by atoms with Crippen molar-refractivity contribution in [1.29, 1.82) is 5.26 Å². The molecule has 2 N–H and O–H groups in total. The summed E-state index contributed by atoms with van der Waals surface area (Å²) in [6.07, 6.45) is 3.84. The molecule has 0 spiro atoms. The maximum absolute atomic E-state index is 10.0. The second-order valence-corrected chi connectivity index (χ2v) is 18.1. The van der Waals surface area contributed by atoms with Crippen LogP contribution in [0.15, 0.2) is 30.5 Å². The van der Waals surface area contributed by atoms with Crippen LogP contribution in [0.2, 0.25) is 18.1 Å². The summed E-state index contributed by atoms with van der Waals surface area (Å²) in [4.78, 5) is 9.37. The van der Waals surface area contributed by atoms with Crippen molar-refractivity contribution in [2.75, 3.05) is 37.0 Å². The Balaban J connectivity index is 1.41. The van der Waals surface area contributed by atoms with Crippen molar-refractivity contribution in [3.05, 3.63) is 47.3 Å². The fraction of sp³-hybridized carbons (Fsp3) is 0.548. The maximum Gasteiger partial charge on any atom is 0.228 e. The molecule has 1 fully saturated rings. The SMILES string of the molecule is Cc1cc(Nc2nccc(-c3cc(C#N)c4c(c3)C(C)(CO[Si](C)(C)C(C)(C)C)CN4)n2)n(CC2CCOCC2)n1. The predicted molar refractivity (Wildman–Crippen MR) is 165 cm³/mol. The summed E-state index contributed by atoms with van der Waals surface area (Å²) in [7, 11) is -1.94. The number of aromatic nitrogens is 4. The molecule has 0 amide bonds. The molecule has 2 aliphatic rings. The number of aryl methyl sites for hydroxylation is 1. The van der Waals surface area contributed by atoms with Gasteiger partial charge in [-0.3, -0.25) is 0 Å². The highest BCUT2D eigenvalue weighted by molar-refractivity contribution is 6.74. The lowest BCUT2D eigenvalue weighted by atomic mass is 9.83. The quantitative estimate of drug-likeness (QED) is 0.298. The zero-order valence-corrected chi connectivity index (χ0v) is 26.5. The van der Waals surface area contributed by atoms with Gasteiger partial charge < -0.3 is 19.8 Å². The molecule has 1 unspecified atom stereocenters. The van der Waals surface area contributed by atoms with Crippen molar-refractivity contribution in [3.8, 4) is 17.3 Å². The molecule has 2 aromatic heterocycles. The lowest BCUT2D eigenvalue weighted by molar-refractivity contribution is 0.0603. The summed E-state index contributed by atoms with van der Waals surface area (Å²) in [5.74, 6) is 1.91. The number of nitrogens with one attached hydrogen (secondary N) is 2. The molecule has 1 aromatic carbocycles. The van der Waals surface area contributed by atoms with Crippen molar-refractivity contribution in [2.45, 2.75) is 77.6 Å². The molecule has 218 valence electrons. The average Bonchev–Trinajstić information content (AvgIpc) is 3.45. The molecule has 3 aromatic rings. The minimum atomic E-state index is -1.94. The summed E-state index contributed by atoms with van der Waals surface area (Å²) in [6, 6.07) is 10.4. The van der Waals surface area contributed by atoms with E-state index in [9.17, 15) is 5.26 Å². The third kappa shape index (κ3) is 6.17. The summed E-state index contributed by atoms with van der Waals surface area (Å²) in [6.45, 7) is 19.3. The number of fused-ring (bicyclic) bond motifs is 1. The summed E-state index contributed by atoms with van der Waals surface area (Å²) in [5.41, 5.74) is 4.95. The van der Waals surface area contributed by atoms with Crippen molar-refractivity contribution in [1.82, 2.24) is 19.7 Å². The van der Waals surface area contributed by atoms with Gasteiger partial charge in [0.1, 0.15) is 11.9 Å². The van der Waals surface area contributed by atoms with E-state index in [-0.39, 0.29) is 10.5 Å². The number of hydrogen-bond acceptors (Lipinski definition) is 8. The van der Waals surface area contributed by atoms with E-state index in [1.807, 2.05) is 29.8 Å². The molecular weight excluding hydrogens is 530 g/mol. The van der Waals surface area contributed by atoms with Gasteiger partial charge in [0.05, 0.1) is 22.6 Å². The highest BCUT2D eigenvalue weighted by Gasteiger charge is 2.42. The number of ether oxygens (including phenoxy) is 1. The van der Waals surface area contributed by atoms with Gasteiger partial charge in [0.2, 0.25) is 5.95 Å². The first-order valence-electron chi connectivity index (χ1n) is 14.6. The van der Waals surface area contributed by atoms with Crippen LogP contribution >= 0.6 is 0 Å². The van der Waals surface area contributed by atoms with Crippen molar-refractivity contribution in [3.63, 3.8) is 0 Å². The van der Waals surface area contributed by atoms with Gasteiger partial charge in [0, 0.05) is 56.2 Å². The Morgan fingerprint density at radius 2 is 2.00 bits per heavy atom. The molecule has 0 bridgehead atoms. The molecule has 9 nitrogen and oxygen atoms in total. The Kier molecular flexibility index (Phi) is 7.98. The minimum absolute atomic E-state index is 0.126. The van der Waals surface area contributed by atoms with E-state index in [2.05, 4.69) is 68.5 Å². The molecule has 1 saturated heterocycles. The van der Waals surface area contributed by atoms with E-state index < -0.39 is 8.32 Å². The topological polar surface area (TPSA) is 110 Å². The van der Waals surface area contributed by atoms with Gasteiger partial charge in [-0.1, -0.05) is 27.7 Å². The second-order valence-electron chi connectivity index (χ2n) is 13.3. The molecule has 41 heavy (non-hydrogen) atoms. The number of hydrogen-bond donors (Lipinski definition) is 2. The van der Waals surface area contributed by atoms with Gasteiger partial charge >= 0.3 is 0 Å². The fourth-order valence-corrected chi connectivity index (χ4v) is 6.37. The average molecular weight is 574 g/mol. The van der Waals surface area contributed by atoms with E-state index >= 15 is 0 Å². The Bertz CT molecular complexity index is 1450. The Labute approximate surface area is 244 Å². The first-order chi connectivity index (χ1) is 19.4. The van der Waals surface area contributed by atoms with Crippen LogP contribution in [0, 0.1) is 24.2 Å². The highest BCUT2D eigenvalue weighted by Crippen LogP contribution is 2.44. The highest BCUT2D eigenvalue weighted by atomic mass is 28.4. The lowest BCUT2D eigenvalue weighted by Crippen LogP contribution is -2.45. The predicted octanol–water partition coefficient (Wildman–Crippen LogP) is 6.40. The third-order valence-corrected chi connectivity index (χ3v) is 13.5. The van der Waals surface area contributed by atoms with Crippen LogP contribution in [-0.2, 0) is 21.1 Å². The normalized spacial score (nSPS) is 19.5. The van der Waals surface area contributed by atoms with Gasteiger partial charge in [-0.2, -0.15) is 10.4 Å². The molecule has 2 aliphatic heterocycles. The van der Waals surface area contributed by atoms with Crippen LogP contribution in [0.1, 0.15) is 57.4 Å². The monoisotopic (exact) mass is 573 g/mol. The first kappa shape index (κ1) is 29.2. The van der Waals surface area contributed by atoms with Crippen molar-refractivity contribution >= 4 is 25.8 Å². The summed E-state index contributed by atoms with van der Waals surface area (Å²) < 4.78 is 14.2. The Morgan fingerprint density at radius 1 is 1.24 bits per heavy atom. The smallest absolute Gasteiger partial charge is 0.228 e. The molecule has 0 radical (unpaired) electrons. The van der Waals surface area contributed by atoms with Gasteiger partial charge in [0.15, 0.2) is 8.32 Å². The molecule has 0 aliphatic carbocycles. The first-order valence-corrected chi connectivity index (χ1v) is 17.5. The summed E-state index contributed by atoms with van der Waals surface area (Å²) in [5, 5.41) is 21.8. The molecule has 10 heteroatoms. The van der Waals surface area contributed by atoms with Crippen molar-refractivity contribution in [2.24, 2.45) is 5.92 Å². The van der Waals surface area contributed by atoms with Crippen LogP contribution in [0.25, 0.3) is 11.3 Å². The van der Waals surface area contributed by atoms with Crippen LogP contribution in [0.5, 0.6) is 0 Å². The molecular formula is C31H43N7O2Si. The number of rotatable bonds is 8. The van der Waals surface area contributed by atoms with E-state index in [4.69, 9.17) is 19.2 Å². The van der Waals surface area contributed by atoms with Gasteiger partial charge in [-0.05, 0) is 67.6 Å².